The summed E-state index contributed by atoms with van der Waals surface area (Å²) in [6.07, 6.45) is -4.77. The minimum absolute atomic E-state index is 0.0685. The number of hydrogen-bond acceptors (Lipinski definition) is 5. The highest BCUT2D eigenvalue weighted by Gasteiger charge is 2.39. The van der Waals surface area contributed by atoms with Crippen molar-refractivity contribution < 1.29 is 27.8 Å². The van der Waals surface area contributed by atoms with E-state index in [1.165, 1.54) is 23.5 Å². The van der Waals surface area contributed by atoms with Crippen LogP contribution in [-0.2, 0) is 12.8 Å². The summed E-state index contributed by atoms with van der Waals surface area (Å²) < 4.78 is 48.6. The van der Waals surface area contributed by atoms with Crippen molar-refractivity contribution in [3.63, 3.8) is 0 Å². The number of carboxylic acids is 1. The second kappa shape index (κ2) is 9.94. The summed E-state index contributed by atoms with van der Waals surface area (Å²) in [7, 11) is 0. The van der Waals surface area contributed by atoms with Crippen molar-refractivity contribution in [2.45, 2.75) is 19.7 Å². The minimum atomic E-state index is -4.77. The zero-order valence-corrected chi connectivity index (χ0v) is 21.7. The number of alkyl halides is 3. The van der Waals surface area contributed by atoms with E-state index in [0.717, 1.165) is 26.1 Å². The number of halogens is 5. The maximum absolute atomic E-state index is 13.7. The van der Waals surface area contributed by atoms with Gasteiger partial charge in [-0.25, -0.2) is 9.48 Å². The Morgan fingerprint density at radius 2 is 1.84 bits per heavy atom. The van der Waals surface area contributed by atoms with Crippen LogP contribution in [-0.4, -0.2) is 26.1 Å². The predicted molar refractivity (Wildman–Crippen MR) is 140 cm³/mol. The Balaban J connectivity index is 1.45. The van der Waals surface area contributed by atoms with Crippen LogP contribution in [0.4, 0.5) is 13.2 Å². The van der Waals surface area contributed by atoms with Crippen LogP contribution in [0.1, 0.15) is 27.3 Å². The molecule has 38 heavy (non-hydrogen) atoms. The molecule has 0 aliphatic carbocycles. The lowest BCUT2D eigenvalue weighted by atomic mass is 9.99. The van der Waals surface area contributed by atoms with Gasteiger partial charge in [0.2, 0.25) is 0 Å². The lowest BCUT2D eigenvalue weighted by Gasteiger charge is -2.14. The largest absolute Gasteiger partial charge is 0.487 e. The van der Waals surface area contributed by atoms with Gasteiger partial charge in [0.25, 0.3) is 0 Å². The van der Waals surface area contributed by atoms with E-state index in [9.17, 15) is 23.1 Å². The summed E-state index contributed by atoms with van der Waals surface area (Å²) in [6, 6.07) is 15.2. The fraction of sp³-hybridized carbons (Fsp3) is 0.115. The molecule has 2 heterocycles. The summed E-state index contributed by atoms with van der Waals surface area (Å²) in [4.78, 5) is 11.4. The third kappa shape index (κ3) is 4.82. The second-order valence-corrected chi connectivity index (χ2v) is 10.0. The highest BCUT2D eigenvalue weighted by molar-refractivity contribution is 7.17. The molecule has 0 fully saturated rings. The van der Waals surface area contributed by atoms with Gasteiger partial charge < -0.3 is 9.84 Å². The highest BCUT2D eigenvalue weighted by atomic mass is 35.5. The van der Waals surface area contributed by atoms with E-state index in [-0.39, 0.29) is 27.0 Å². The monoisotopic (exact) mass is 577 g/mol. The van der Waals surface area contributed by atoms with Crippen molar-refractivity contribution >= 4 is 50.6 Å². The molecule has 0 bridgehead atoms. The number of carbonyl (C=O) groups is 1. The van der Waals surface area contributed by atoms with Crippen LogP contribution in [0.5, 0.6) is 5.75 Å². The summed E-state index contributed by atoms with van der Waals surface area (Å²) >= 11 is 13.7. The molecule has 194 valence electrons. The number of rotatable bonds is 6. The second-order valence-electron chi connectivity index (χ2n) is 8.30. The Bertz CT molecular complexity index is 1680. The summed E-state index contributed by atoms with van der Waals surface area (Å²) in [5.74, 6) is -0.647. The number of fused-ring (bicyclic) bond motifs is 1. The summed E-state index contributed by atoms with van der Waals surface area (Å²) in [5.41, 5.74) is 1.32. The van der Waals surface area contributed by atoms with E-state index >= 15 is 0 Å². The van der Waals surface area contributed by atoms with E-state index in [1.807, 2.05) is 19.1 Å². The normalized spacial score (nSPS) is 11.7. The Labute approximate surface area is 227 Å². The molecular formula is C26H16Cl2F3N3O3S. The first kappa shape index (κ1) is 26.0. The lowest BCUT2D eigenvalue weighted by molar-refractivity contribution is -0.142. The van der Waals surface area contributed by atoms with Crippen molar-refractivity contribution in [2.24, 2.45) is 0 Å². The Morgan fingerprint density at radius 3 is 2.50 bits per heavy atom. The maximum Gasteiger partial charge on any atom is 0.437 e. The van der Waals surface area contributed by atoms with Crippen LogP contribution in [0.15, 0.2) is 60.0 Å². The van der Waals surface area contributed by atoms with E-state index in [4.69, 9.17) is 27.9 Å². The molecule has 6 nitrogen and oxygen atoms in total. The zero-order chi connectivity index (χ0) is 27.2. The van der Waals surface area contributed by atoms with Crippen molar-refractivity contribution in [1.29, 1.82) is 0 Å². The molecule has 0 saturated heterocycles. The Hall–Kier alpha value is -3.60. The van der Waals surface area contributed by atoms with Crippen molar-refractivity contribution in [1.82, 2.24) is 15.0 Å². The average molecular weight is 578 g/mol. The number of hydrogen-bond donors (Lipinski definition) is 1. The molecule has 0 atom stereocenters. The summed E-state index contributed by atoms with van der Waals surface area (Å²) in [5, 5.41) is 18.8. The molecule has 0 saturated carbocycles. The van der Waals surface area contributed by atoms with E-state index < -0.39 is 24.4 Å². The standard InChI is InChI=1S/C26H16Cl2F3N3O3S/c1-13-9-15(6-8-16(13)14-5-7-17-18(25(35)36)12-38-22(17)10-14)37-11-21-24(26(29,30)31)32-33-34(21)23-19(27)3-2-4-20(23)28/h2-10,12H,11H2,1H3,(H,35,36). The first-order valence-electron chi connectivity index (χ1n) is 11.0. The van der Waals surface area contributed by atoms with Crippen molar-refractivity contribution in [2.75, 3.05) is 0 Å². The van der Waals surface area contributed by atoms with Gasteiger partial charge in [0.15, 0.2) is 5.69 Å². The van der Waals surface area contributed by atoms with Gasteiger partial charge in [-0.2, -0.15) is 13.2 Å². The van der Waals surface area contributed by atoms with Gasteiger partial charge in [0.1, 0.15) is 23.7 Å². The molecule has 0 aliphatic rings. The fourth-order valence-corrected chi connectivity index (χ4v) is 5.62. The predicted octanol–water partition coefficient (Wildman–Crippen LogP) is 8.06. The molecule has 5 aromatic rings. The van der Waals surface area contributed by atoms with Gasteiger partial charge in [0.05, 0.1) is 15.6 Å². The van der Waals surface area contributed by atoms with Crippen LogP contribution in [0, 0.1) is 6.92 Å². The highest BCUT2D eigenvalue weighted by Crippen LogP contribution is 2.36. The van der Waals surface area contributed by atoms with E-state index in [0.29, 0.717) is 11.1 Å². The molecule has 0 amide bonds. The van der Waals surface area contributed by atoms with E-state index in [2.05, 4.69) is 10.3 Å². The molecule has 2 aromatic heterocycles. The number of para-hydroxylation sites is 1. The number of aryl methyl sites for hydroxylation is 1. The van der Waals surface area contributed by atoms with Crippen LogP contribution in [0.3, 0.4) is 0 Å². The molecule has 5 rings (SSSR count). The minimum Gasteiger partial charge on any atom is -0.487 e. The van der Waals surface area contributed by atoms with Gasteiger partial charge in [-0.05, 0) is 53.9 Å². The van der Waals surface area contributed by atoms with Gasteiger partial charge in [-0.3, -0.25) is 0 Å². The number of thiophene rings is 1. The smallest absolute Gasteiger partial charge is 0.437 e. The Kier molecular flexibility index (Phi) is 6.81. The van der Waals surface area contributed by atoms with Gasteiger partial charge in [-0.1, -0.05) is 52.7 Å². The third-order valence-electron chi connectivity index (χ3n) is 5.87. The number of nitrogens with zero attached hydrogens (tertiary/aromatic N) is 3. The number of ether oxygens (including phenoxy) is 1. The lowest BCUT2D eigenvalue weighted by Crippen LogP contribution is -2.14. The SMILES string of the molecule is Cc1cc(OCc2c(C(F)(F)F)nnn2-c2c(Cl)cccc2Cl)ccc1-c1ccc2c(C(=O)O)csc2c1. The summed E-state index contributed by atoms with van der Waals surface area (Å²) in [6.45, 7) is 1.35. The molecule has 3 aromatic carbocycles. The maximum atomic E-state index is 13.7. The molecule has 0 spiro atoms. The van der Waals surface area contributed by atoms with Crippen LogP contribution in [0.25, 0.3) is 26.9 Å². The quantitative estimate of drug-likeness (QED) is 0.221. The van der Waals surface area contributed by atoms with Crippen LogP contribution < -0.4 is 4.74 Å². The topological polar surface area (TPSA) is 77.2 Å². The first-order chi connectivity index (χ1) is 18.0. The Morgan fingerprint density at radius 1 is 1.11 bits per heavy atom. The molecule has 1 N–H and O–H groups in total. The molecule has 0 aliphatic heterocycles. The molecule has 12 heteroatoms. The number of carboxylic acid groups (broad SMARTS) is 1. The van der Waals surface area contributed by atoms with Crippen LogP contribution >= 0.6 is 34.5 Å². The van der Waals surface area contributed by atoms with Crippen molar-refractivity contribution in [3.8, 4) is 22.6 Å². The number of aromatic carboxylic acids is 1. The molecule has 0 unspecified atom stereocenters. The van der Waals surface area contributed by atoms with E-state index in [1.54, 1.807) is 35.7 Å². The van der Waals surface area contributed by atoms with Gasteiger partial charge >= 0.3 is 12.1 Å². The third-order valence-corrected chi connectivity index (χ3v) is 7.43. The zero-order valence-electron chi connectivity index (χ0n) is 19.4. The van der Waals surface area contributed by atoms with Gasteiger partial charge in [-0.15, -0.1) is 16.4 Å². The van der Waals surface area contributed by atoms with Crippen LogP contribution in [0.2, 0.25) is 10.0 Å². The number of benzene rings is 3. The molecule has 0 radical (unpaired) electrons. The fourth-order valence-electron chi connectivity index (χ4n) is 4.09. The van der Waals surface area contributed by atoms with Crippen molar-refractivity contribution in [3.05, 3.63) is 92.5 Å². The number of aromatic nitrogens is 3. The van der Waals surface area contributed by atoms with Gasteiger partial charge in [0, 0.05) is 15.5 Å². The molecular weight excluding hydrogens is 562 g/mol. The first-order valence-corrected chi connectivity index (χ1v) is 12.6. The average Bonchev–Trinajstić information content (AvgIpc) is 3.47.